The average molecular weight is 447 g/mol. The summed E-state index contributed by atoms with van der Waals surface area (Å²) < 4.78 is 33.4. The molecule has 0 saturated heterocycles. The number of ether oxygens (including phenoxy) is 2. The molecule has 0 aromatic heterocycles. The minimum Gasteiger partial charge on any atom is -0.497 e. The van der Waals surface area contributed by atoms with E-state index in [0.717, 1.165) is 5.56 Å². The van der Waals surface area contributed by atoms with Gasteiger partial charge in [0.25, 0.3) is 5.91 Å². The maximum Gasteiger partial charge on any atom is 0.283 e. The van der Waals surface area contributed by atoms with E-state index in [4.69, 9.17) is 9.47 Å². The van der Waals surface area contributed by atoms with E-state index in [1.165, 1.54) is 22.9 Å². The molecule has 7 nitrogen and oxygen atoms in total. The summed E-state index contributed by atoms with van der Waals surface area (Å²) in [6.45, 7) is 0. The molecule has 158 valence electrons. The Hall–Kier alpha value is -2.78. The minimum absolute atomic E-state index is 0.00560. The summed E-state index contributed by atoms with van der Waals surface area (Å²) in [6.07, 6.45) is 2.88. The molecular weight excluding hydrogens is 424 g/mol. The fourth-order valence-electron chi connectivity index (χ4n) is 2.71. The van der Waals surface area contributed by atoms with Crippen LogP contribution in [0.15, 0.2) is 59.2 Å². The third kappa shape index (κ3) is 5.43. The molecule has 9 heteroatoms. The molecule has 3 rings (SSSR count). The average Bonchev–Trinajstić information content (AvgIpc) is 3.02. The van der Waals surface area contributed by atoms with Crippen molar-refractivity contribution < 1.29 is 22.7 Å². The van der Waals surface area contributed by atoms with Gasteiger partial charge in [-0.3, -0.25) is 9.69 Å². The lowest BCUT2D eigenvalue weighted by Gasteiger charge is -2.18. The Morgan fingerprint density at radius 2 is 1.77 bits per heavy atom. The fraction of sp³-hybridized carbons (Fsp3) is 0.238. The van der Waals surface area contributed by atoms with Crippen molar-refractivity contribution in [1.82, 2.24) is 0 Å². The first-order chi connectivity index (χ1) is 14.3. The first-order valence-corrected chi connectivity index (χ1v) is 12.1. The van der Waals surface area contributed by atoms with Crippen LogP contribution in [0.4, 0.5) is 5.69 Å². The molecule has 1 aliphatic heterocycles. The zero-order valence-electron chi connectivity index (χ0n) is 16.9. The fourth-order valence-corrected chi connectivity index (χ4v) is 4.92. The van der Waals surface area contributed by atoms with Crippen LogP contribution in [0.2, 0.25) is 0 Å². The molecule has 0 unspecified atom stereocenters. The molecule has 0 spiro atoms. The number of hydrogen-bond donors (Lipinski definition) is 0. The third-order valence-corrected chi connectivity index (χ3v) is 6.39. The number of hydrogen-bond acceptors (Lipinski definition) is 7. The Bertz CT molecular complexity index is 1090. The van der Waals surface area contributed by atoms with Crippen LogP contribution < -0.4 is 14.4 Å². The van der Waals surface area contributed by atoms with Gasteiger partial charge in [0.05, 0.1) is 25.7 Å². The van der Waals surface area contributed by atoms with E-state index in [0.29, 0.717) is 28.1 Å². The Morgan fingerprint density at radius 1 is 1.07 bits per heavy atom. The molecule has 0 aliphatic carbocycles. The SMILES string of the molecule is COc1ccc(C=C2N=C(SCCS(C)(=O)=O)N(c3cccc(OC)c3)C2=O)cc1. The van der Waals surface area contributed by atoms with Crippen LogP contribution in [0.3, 0.4) is 0 Å². The Labute approximate surface area is 180 Å². The molecule has 1 aliphatic rings. The number of amidine groups is 1. The van der Waals surface area contributed by atoms with Crippen molar-refractivity contribution in [1.29, 1.82) is 0 Å². The monoisotopic (exact) mass is 446 g/mol. The van der Waals surface area contributed by atoms with E-state index >= 15 is 0 Å². The summed E-state index contributed by atoms with van der Waals surface area (Å²) in [4.78, 5) is 19.1. The highest BCUT2D eigenvalue weighted by atomic mass is 32.2. The molecule has 2 aromatic rings. The van der Waals surface area contributed by atoms with Gasteiger partial charge in [0.1, 0.15) is 27.0 Å². The van der Waals surface area contributed by atoms with E-state index in [9.17, 15) is 13.2 Å². The molecule has 0 radical (unpaired) electrons. The number of carbonyl (C=O) groups excluding carboxylic acids is 1. The highest BCUT2D eigenvalue weighted by Crippen LogP contribution is 2.31. The molecule has 30 heavy (non-hydrogen) atoms. The predicted molar refractivity (Wildman–Crippen MR) is 121 cm³/mol. The lowest BCUT2D eigenvalue weighted by Crippen LogP contribution is -2.30. The molecule has 0 atom stereocenters. The maximum absolute atomic E-state index is 13.1. The van der Waals surface area contributed by atoms with Crippen molar-refractivity contribution in [2.24, 2.45) is 4.99 Å². The number of methoxy groups -OCH3 is 2. The highest BCUT2D eigenvalue weighted by Gasteiger charge is 2.32. The van der Waals surface area contributed by atoms with Gasteiger partial charge >= 0.3 is 0 Å². The normalized spacial score (nSPS) is 15.4. The zero-order valence-corrected chi connectivity index (χ0v) is 18.5. The van der Waals surface area contributed by atoms with Gasteiger partial charge in [-0.05, 0) is 35.9 Å². The summed E-state index contributed by atoms with van der Waals surface area (Å²) in [5.41, 5.74) is 1.67. The van der Waals surface area contributed by atoms with Crippen LogP contribution in [0, 0.1) is 0 Å². The molecule has 0 fully saturated rings. The number of rotatable bonds is 7. The van der Waals surface area contributed by atoms with Crippen molar-refractivity contribution in [3.8, 4) is 11.5 Å². The topological polar surface area (TPSA) is 85.3 Å². The van der Waals surface area contributed by atoms with E-state index in [2.05, 4.69) is 4.99 Å². The van der Waals surface area contributed by atoms with Crippen LogP contribution in [-0.2, 0) is 14.6 Å². The second-order valence-corrected chi connectivity index (χ2v) is 9.84. The van der Waals surface area contributed by atoms with E-state index < -0.39 is 9.84 Å². The molecular formula is C21H22N2O5S2. The summed E-state index contributed by atoms with van der Waals surface area (Å²) >= 11 is 1.23. The van der Waals surface area contributed by atoms with Crippen LogP contribution >= 0.6 is 11.8 Å². The first-order valence-electron chi connectivity index (χ1n) is 9.04. The van der Waals surface area contributed by atoms with Crippen LogP contribution in [0.1, 0.15) is 5.56 Å². The number of amides is 1. The van der Waals surface area contributed by atoms with Gasteiger partial charge in [-0.1, -0.05) is 30.0 Å². The summed E-state index contributed by atoms with van der Waals surface area (Å²) in [5.74, 6) is 1.32. The van der Waals surface area contributed by atoms with Crippen molar-refractivity contribution in [2.45, 2.75) is 0 Å². The highest BCUT2D eigenvalue weighted by molar-refractivity contribution is 8.14. The van der Waals surface area contributed by atoms with Gasteiger partial charge in [0.15, 0.2) is 5.17 Å². The Kier molecular flexibility index (Phi) is 6.84. The first kappa shape index (κ1) is 21.9. The maximum atomic E-state index is 13.1. The van der Waals surface area contributed by atoms with Crippen LogP contribution in [0.25, 0.3) is 6.08 Å². The number of aliphatic imine (C=N–C) groups is 1. The Morgan fingerprint density at radius 3 is 2.40 bits per heavy atom. The van der Waals surface area contributed by atoms with Gasteiger partial charge < -0.3 is 9.47 Å². The van der Waals surface area contributed by atoms with E-state index in [1.54, 1.807) is 56.7 Å². The van der Waals surface area contributed by atoms with Gasteiger partial charge in [-0.15, -0.1) is 0 Å². The molecule has 1 heterocycles. The number of anilines is 1. The van der Waals surface area contributed by atoms with Crippen molar-refractivity contribution in [3.63, 3.8) is 0 Å². The molecule has 0 saturated carbocycles. The number of thioether (sulfide) groups is 1. The summed E-state index contributed by atoms with van der Waals surface area (Å²) in [5, 5.41) is 0.427. The van der Waals surface area contributed by atoms with Gasteiger partial charge in [0.2, 0.25) is 0 Å². The van der Waals surface area contributed by atoms with Gasteiger partial charge in [0, 0.05) is 18.1 Å². The predicted octanol–water partition coefficient (Wildman–Crippen LogP) is 3.23. The van der Waals surface area contributed by atoms with Crippen LogP contribution in [-0.4, -0.2) is 51.5 Å². The third-order valence-electron chi connectivity index (χ3n) is 4.25. The molecule has 1 amide bonds. The molecule has 2 aromatic carbocycles. The molecule has 0 bridgehead atoms. The minimum atomic E-state index is -3.12. The lowest BCUT2D eigenvalue weighted by molar-refractivity contribution is -0.113. The Balaban J connectivity index is 1.93. The quantitative estimate of drug-likeness (QED) is 0.607. The molecule has 0 N–H and O–H groups in total. The number of carbonyl (C=O) groups is 1. The van der Waals surface area contributed by atoms with Crippen molar-refractivity contribution >= 4 is 44.4 Å². The standard InChI is InChI=1S/C21H22N2O5S2/c1-27-17-9-7-15(8-10-17)13-19-20(24)23(16-5-4-6-18(14-16)28-2)21(22-19)29-11-12-30(3,25)26/h4-10,13-14H,11-12H2,1-3H3. The number of benzene rings is 2. The zero-order chi connectivity index (χ0) is 21.7. The van der Waals surface area contributed by atoms with Gasteiger partial charge in [-0.2, -0.15) is 0 Å². The van der Waals surface area contributed by atoms with Crippen molar-refractivity contribution in [3.05, 3.63) is 59.8 Å². The number of nitrogens with zero attached hydrogens (tertiary/aromatic N) is 2. The smallest absolute Gasteiger partial charge is 0.283 e. The largest absolute Gasteiger partial charge is 0.497 e. The lowest BCUT2D eigenvalue weighted by atomic mass is 10.2. The van der Waals surface area contributed by atoms with E-state index in [1.807, 2.05) is 12.1 Å². The van der Waals surface area contributed by atoms with E-state index in [-0.39, 0.29) is 17.4 Å². The second kappa shape index (κ2) is 9.36. The van der Waals surface area contributed by atoms with Crippen molar-refractivity contribution in [2.75, 3.05) is 36.9 Å². The summed E-state index contributed by atoms with van der Waals surface area (Å²) in [7, 11) is 0.0223. The second-order valence-electron chi connectivity index (χ2n) is 6.52. The van der Waals surface area contributed by atoms with Crippen LogP contribution in [0.5, 0.6) is 11.5 Å². The van der Waals surface area contributed by atoms with Gasteiger partial charge in [-0.25, -0.2) is 13.4 Å². The number of sulfone groups is 1. The summed E-state index contributed by atoms with van der Waals surface area (Å²) in [6, 6.07) is 14.4.